The van der Waals surface area contributed by atoms with Crippen LogP contribution >= 0.6 is 0 Å². The van der Waals surface area contributed by atoms with Gasteiger partial charge in [-0.3, -0.25) is 4.84 Å². The van der Waals surface area contributed by atoms with Crippen molar-refractivity contribution in [3.8, 4) is 11.1 Å². The summed E-state index contributed by atoms with van der Waals surface area (Å²) in [5.74, 6) is -0.312. The Balaban J connectivity index is 1.63. The van der Waals surface area contributed by atoms with E-state index in [2.05, 4.69) is 43.3 Å². The third-order valence-corrected chi connectivity index (χ3v) is 5.20. The smallest absolute Gasteiger partial charge is 0.338 e. The number of hydrogen-bond donors (Lipinski definition) is 0. The monoisotopic (exact) mass is 387 g/mol. The molecule has 4 rings (SSSR count). The van der Waals surface area contributed by atoms with Crippen molar-refractivity contribution in [2.75, 3.05) is 11.7 Å². The number of benzene rings is 3. The van der Waals surface area contributed by atoms with Crippen molar-refractivity contribution in [3.63, 3.8) is 0 Å². The Morgan fingerprint density at radius 2 is 1.62 bits per heavy atom. The van der Waals surface area contributed by atoms with Gasteiger partial charge in [-0.2, -0.15) is 0 Å². The predicted octanol–water partition coefficient (Wildman–Crippen LogP) is 5.48. The van der Waals surface area contributed by atoms with Crippen LogP contribution in [-0.4, -0.2) is 18.7 Å². The van der Waals surface area contributed by atoms with E-state index in [0.29, 0.717) is 13.0 Å². The highest BCUT2D eigenvalue weighted by Gasteiger charge is 2.39. The average molecular weight is 387 g/mol. The van der Waals surface area contributed by atoms with Gasteiger partial charge < -0.3 is 4.74 Å². The molecule has 0 spiro atoms. The first-order valence-electron chi connectivity index (χ1n) is 10.0. The molecule has 0 aromatic heterocycles. The van der Waals surface area contributed by atoms with E-state index >= 15 is 0 Å². The molecule has 0 N–H and O–H groups in total. The topological polar surface area (TPSA) is 38.8 Å². The molecule has 29 heavy (non-hydrogen) atoms. The molecule has 1 aliphatic rings. The molecule has 1 fully saturated rings. The maximum atomic E-state index is 12.3. The van der Waals surface area contributed by atoms with Gasteiger partial charge in [0.05, 0.1) is 18.3 Å². The Morgan fingerprint density at radius 3 is 2.28 bits per heavy atom. The van der Waals surface area contributed by atoms with E-state index in [1.165, 1.54) is 11.1 Å². The van der Waals surface area contributed by atoms with Gasteiger partial charge in [-0.15, -0.1) is 0 Å². The SMILES string of the molecule is CCOC(=O)C1CC(c2ccc(-c3ccccc3)cc2)N(c2ccc(C)cc2)O1. The maximum Gasteiger partial charge on any atom is 0.338 e. The molecule has 1 aliphatic heterocycles. The van der Waals surface area contributed by atoms with Crippen molar-refractivity contribution in [2.24, 2.45) is 0 Å². The zero-order chi connectivity index (χ0) is 20.2. The molecular formula is C25H25NO3. The largest absolute Gasteiger partial charge is 0.464 e. The number of esters is 1. The van der Waals surface area contributed by atoms with Crippen molar-refractivity contribution in [1.82, 2.24) is 0 Å². The summed E-state index contributed by atoms with van der Waals surface area (Å²) in [6, 6.07) is 26.8. The fraction of sp³-hybridized carbons (Fsp3) is 0.240. The van der Waals surface area contributed by atoms with Crippen LogP contribution in [0.4, 0.5) is 5.69 Å². The zero-order valence-electron chi connectivity index (χ0n) is 16.7. The molecular weight excluding hydrogens is 362 g/mol. The first-order valence-corrected chi connectivity index (χ1v) is 10.0. The lowest BCUT2D eigenvalue weighted by Gasteiger charge is -2.25. The fourth-order valence-electron chi connectivity index (χ4n) is 3.66. The molecule has 4 nitrogen and oxygen atoms in total. The van der Waals surface area contributed by atoms with Gasteiger partial charge in [0.25, 0.3) is 0 Å². The van der Waals surface area contributed by atoms with Gasteiger partial charge in [0.2, 0.25) is 0 Å². The van der Waals surface area contributed by atoms with Crippen molar-refractivity contribution in [1.29, 1.82) is 0 Å². The second kappa shape index (κ2) is 8.50. The van der Waals surface area contributed by atoms with Gasteiger partial charge in [-0.05, 0) is 42.7 Å². The normalized spacial score (nSPS) is 18.6. The lowest BCUT2D eigenvalue weighted by atomic mass is 9.97. The molecule has 3 aromatic carbocycles. The van der Waals surface area contributed by atoms with Crippen LogP contribution in [-0.2, 0) is 14.4 Å². The second-order valence-corrected chi connectivity index (χ2v) is 7.25. The minimum absolute atomic E-state index is 0.0584. The molecule has 2 atom stereocenters. The molecule has 0 bridgehead atoms. The highest BCUT2D eigenvalue weighted by Crippen LogP contribution is 2.39. The van der Waals surface area contributed by atoms with Crippen LogP contribution < -0.4 is 5.06 Å². The van der Waals surface area contributed by atoms with E-state index in [1.807, 2.05) is 54.5 Å². The standard InChI is InChI=1S/C25H25NO3/c1-3-28-25(27)24-17-23(26(29-24)22-15-9-18(2)10-16-22)21-13-11-20(12-14-21)19-7-5-4-6-8-19/h4-16,23-24H,3,17H2,1-2H3. The summed E-state index contributed by atoms with van der Waals surface area (Å²) < 4.78 is 5.20. The van der Waals surface area contributed by atoms with Gasteiger partial charge in [0, 0.05) is 6.42 Å². The van der Waals surface area contributed by atoms with Crippen LogP contribution in [0, 0.1) is 6.92 Å². The van der Waals surface area contributed by atoms with Gasteiger partial charge in [0.15, 0.2) is 6.10 Å². The lowest BCUT2D eigenvalue weighted by Crippen LogP contribution is -2.26. The van der Waals surface area contributed by atoms with Crippen LogP contribution in [0.25, 0.3) is 11.1 Å². The minimum atomic E-state index is -0.602. The molecule has 0 amide bonds. The van der Waals surface area contributed by atoms with Crippen LogP contribution in [0.1, 0.15) is 30.5 Å². The molecule has 0 radical (unpaired) electrons. The van der Waals surface area contributed by atoms with Crippen molar-refractivity contribution in [3.05, 3.63) is 90.0 Å². The number of hydrogen-bond acceptors (Lipinski definition) is 4. The summed E-state index contributed by atoms with van der Waals surface area (Å²) in [4.78, 5) is 18.4. The number of anilines is 1. The Bertz CT molecular complexity index is 952. The Kier molecular flexibility index (Phi) is 5.63. The van der Waals surface area contributed by atoms with Crippen molar-refractivity contribution < 1.29 is 14.4 Å². The molecule has 1 saturated heterocycles. The number of aryl methyl sites for hydroxylation is 1. The third kappa shape index (κ3) is 4.17. The van der Waals surface area contributed by atoms with E-state index < -0.39 is 6.10 Å². The summed E-state index contributed by atoms with van der Waals surface area (Å²) in [5.41, 5.74) is 5.56. The average Bonchev–Trinajstić information content (AvgIpc) is 3.21. The zero-order valence-corrected chi connectivity index (χ0v) is 16.7. The number of rotatable bonds is 5. The molecule has 0 aliphatic carbocycles. The van der Waals surface area contributed by atoms with Gasteiger partial charge in [0.1, 0.15) is 0 Å². The summed E-state index contributed by atoms with van der Waals surface area (Å²) in [7, 11) is 0. The maximum absolute atomic E-state index is 12.3. The van der Waals surface area contributed by atoms with Gasteiger partial charge in [-0.25, -0.2) is 9.86 Å². The number of hydroxylamine groups is 1. The van der Waals surface area contributed by atoms with E-state index in [4.69, 9.17) is 9.57 Å². The number of nitrogens with zero attached hydrogens (tertiary/aromatic N) is 1. The molecule has 0 saturated carbocycles. The highest BCUT2D eigenvalue weighted by molar-refractivity contribution is 5.76. The number of carbonyl (C=O) groups excluding carboxylic acids is 1. The lowest BCUT2D eigenvalue weighted by molar-refractivity contribution is -0.154. The summed E-state index contributed by atoms with van der Waals surface area (Å²) in [6.07, 6.45) is -0.0488. The Hall–Kier alpha value is -3.11. The third-order valence-electron chi connectivity index (χ3n) is 5.20. The second-order valence-electron chi connectivity index (χ2n) is 7.25. The summed E-state index contributed by atoms with van der Waals surface area (Å²) in [5, 5.41) is 1.85. The summed E-state index contributed by atoms with van der Waals surface area (Å²) >= 11 is 0. The minimum Gasteiger partial charge on any atom is -0.464 e. The molecule has 1 heterocycles. The quantitative estimate of drug-likeness (QED) is 0.544. The highest BCUT2D eigenvalue weighted by atomic mass is 16.7. The van der Waals surface area contributed by atoms with Gasteiger partial charge in [-0.1, -0.05) is 72.3 Å². The van der Waals surface area contributed by atoms with Crippen molar-refractivity contribution >= 4 is 11.7 Å². The Morgan fingerprint density at radius 1 is 0.966 bits per heavy atom. The van der Waals surface area contributed by atoms with Crippen LogP contribution in [0.3, 0.4) is 0 Å². The Labute approximate surface area is 171 Å². The first-order chi connectivity index (χ1) is 14.2. The van der Waals surface area contributed by atoms with Crippen LogP contribution in [0.15, 0.2) is 78.9 Å². The predicted molar refractivity (Wildman–Crippen MR) is 114 cm³/mol. The van der Waals surface area contributed by atoms with E-state index in [9.17, 15) is 4.79 Å². The molecule has 4 heteroatoms. The molecule has 2 unspecified atom stereocenters. The van der Waals surface area contributed by atoms with Crippen molar-refractivity contribution in [2.45, 2.75) is 32.4 Å². The van der Waals surface area contributed by atoms with E-state index in [1.54, 1.807) is 0 Å². The first kappa shape index (κ1) is 19.2. The van der Waals surface area contributed by atoms with Gasteiger partial charge >= 0.3 is 5.97 Å². The molecule has 3 aromatic rings. The van der Waals surface area contributed by atoms with E-state index in [0.717, 1.165) is 16.8 Å². The molecule has 148 valence electrons. The number of carbonyl (C=O) groups is 1. The summed E-state index contributed by atoms with van der Waals surface area (Å²) in [6.45, 7) is 4.21. The fourth-order valence-corrected chi connectivity index (χ4v) is 3.66. The number of ether oxygens (including phenoxy) is 1. The van der Waals surface area contributed by atoms with Crippen LogP contribution in [0.2, 0.25) is 0 Å². The van der Waals surface area contributed by atoms with E-state index in [-0.39, 0.29) is 12.0 Å². The van der Waals surface area contributed by atoms with Crippen LogP contribution in [0.5, 0.6) is 0 Å².